The number of pyridine rings is 1. The van der Waals surface area contributed by atoms with E-state index in [4.69, 9.17) is 26.0 Å². The summed E-state index contributed by atoms with van der Waals surface area (Å²) in [4.78, 5) is 25.5. The largest absolute Gasteiger partial charge is 0.481 e. The number of aliphatic hydroxyl groups excluding tert-OH is 1. The molecule has 0 radical (unpaired) electrons. The maximum Gasteiger partial charge on any atom is 0.309 e. The molecule has 7 rings (SSSR count). The van der Waals surface area contributed by atoms with Crippen LogP contribution in [0, 0.1) is 19.8 Å². The number of aliphatic hydroxyl groups is 1. The number of β-amino-alcohol motifs (C(OH)–C–C–N with tert-alkyl or cyclic N) is 1. The molecule has 0 spiro atoms. The first-order valence-corrected chi connectivity index (χ1v) is 18.7. The maximum atomic E-state index is 11.2. The van der Waals surface area contributed by atoms with Crippen molar-refractivity contribution in [3.8, 4) is 22.6 Å². The van der Waals surface area contributed by atoms with Gasteiger partial charge in [-0.05, 0) is 97.3 Å². The van der Waals surface area contributed by atoms with E-state index >= 15 is 0 Å². The number of nitrogens with one attached hydrogen (secondary N) is 1. The van der Waals surface area contributed by atoms with Crippen molar-refractivity contribution >= 4 is 46.1 Å². The Hall–Kier alpha value is -4.80. The number of carbonyl (C=O) groups is 1. The van der Waals surface area contributed by atoms with Gasteiger partial charge >= 0.3 is 5.97 Å². The molecule has 0 amide bonds. The molecule has 2 fully saturated rings. The van der Waals surface area contributed by atoms with Crippen molar-refractivity contribution in [3.63, 3.8) is 0 Å². The molecule has 1 atom stereocenters. The number of carboxylic acids is 1. The number of benzene rings is 3. The molecule has 2 aliphatic rings. The van der Waals surface area contributed by atoms with Crippen LogP contribution in [0.3, 0.4) is 0 Å². The second-order valence-electron chi connectivity index (χ2n) is 14.2. The fraction of sp³-hybridized carbons (Fsp3) is 0.326. The lowest BCUT2D eigenvalue weighted by molar-refractivity contribution is -0.147. The second kappa shape index (κ2) is 15.7. The summed E-state index contributed by atoms with van der Waals surface area (Å²) >= 11 is 6.70. The molecule has 0 saturated carbocycles. The molecule has 3 N–H and O–H groups in total. The van der Waals surface area contributed by atoms with Crippen molar-refractivity contribution in [1.29, 1.82) is 0 Å². The zero-order valence-electron chi connectivity index (χ0n) is 30.7. The smallest absolute Gasteiger partial charge is 0.309 e. The van der Waals surface area contributed by atoms with Crippen molar-refractivity contribution in [2.75, 3.05) is 31.5 Å². The third-order valence-corrected chi connectivity index (χ3v) is 10.6. The molecule has 2 aliphatic heterocycles. The van der Waals surface area contributed by atoms with Crippen molar-refractivity contribution in [3.05, 3.63) is 111 Å². The van der Waals surface area contributed by atoms with Crippen LogP contribution in [-0.4, -0.2) is 68.2 Å². The van der Waals surface area contributed by atoms with Gasteiger partial charge in [-0.1, -0.05) is 61.0 Å². The minimum absolute atomic E-state index is 0.251. The number of fused-ring (bicyclic) bond motifs is 1. The monoisotopic (exact) mass is 731 g/mol. The summed E-state index contributed by atoms with van der Waals surface area (Å²) in [6.45, 7) is 12.4. The van der Waals surface area contributed by atoms with E-state index in [9.17, 15) is 15.0 Å². The van der Waals surface area contributed by atoms with Gasteiger partial charge in [0.2, 0.25) is 5.89 Å². The fourth-order valence-corrected chi connectivity index (χ4v) is 7.78. The SMILES string of the molecule is C/C=C\c1cc(CN2CCC(O)C2)cnc1/C(=C/CC)Nc1cccc(-c2cccc(-c3nc4cc(CN5CC(C(=O)O)C5)cc(Cl)c4o3)c2C)c1C. The van der Waals surface area contributed by atoms with Crippen LogP contribution in [0.4, 0.5) is 5.69 Å². The first-order valence-electron chi connectivity index (χ1n) is 18.4. The molecule has 1 unspecified atom stereocenters. The maximum absolute atomic E-state index is 11.2. The molecule has 4 heterocycles. The number of aliphatic carboxylic acids is 1. The van der Waals surface area contributed by atoms with E-state index in [-0.39, 0.29) is 12.0 Å². The van der Waals surface area contributed by atoms with E-state index in [1.807, 2.05) is 43.5 Å². The van der Waals surface area contributed by atoms with Gasteiger partial charge in [0, 0.05) is 62.3 Å². The average Bonchev–Trinajstić information content (AvgIpc) is 3.73. The van der Waals surface area contributed by atoms with Gasteiger partial charge in [-0.25, -0.2) is 4.98 Å². The molecule has 0 bridgehead atoms. The Morgan fingerprint density at radius 1 is 1.00 bits per heavy atom. The Labute approximate surface area is 315 Å². The zero-order chi connectivity index (χ0) is 37.2. The van der Waals surface area contributed by atoms with Crippen LogP contribution in [0.15, 0.2) is 77.4 Å². The Morgan fingerprint density at radius 3 is 2.45 bits per heavy atom. The lowest BCUT2D eigenvalue weighted by Crippen LogP contribution is -2.49. The van der Waals surface area contributed by atoms with Crippen LogP contribution < -0.4 is 5.32 Å². The minimum atomic E-state index is -0.752. The molecule has 9 nitrogen and oxygen atoms in total. The normalized spacial score (nSPS) is 17.2. The lowest BCUT2D eigenvalue weighted by atomic mass is 9.92. The van der Waals surface area contributed by atoms with Gasteiger partial charge in [0.1, 0.15) is 5.52 Å². The summed E-state index contributed by atoms with van der Waals surface area (Å²) in [6, 6.07) is 18.6. The first kappa shape index (κ1) is 36.6. The first-order chi connectivity index (χ1) is 25.6. The number of rotatable bonds is 12. The number of hydrogen-bond donors (Lipinski definition) is 3. The summed E-state index contributed by atoms with van der Waals surface area (Å²) in [5.74, 6) is -0.565. The highest BCUT2D eigenvalue weighted by Gasteiger charge is 2.32. The van der Waals surface area contributed by atoms with Crippen LogP contribution in [0.2, 0.25) is 5.02 Å². The van der Waals surface area contributed by atoms with E-state index in [1.54, 1.807) is 0 Å². The van der Waals surface area contributed by atoms with Gasteiger partial charge in [0.15, 0.2) is 5.58 Å². The third-order valence-electron chi connectivity index (χ3n) is 10.3. The number of halogens is 1. The lowest BCUT2D eigenvalue weighted by Gasteiger charge is -2.36. The molecule has 3 aromatic carbocycles. The highest BCUT2D eigenvalue weighted by molar-refractivity contribution is 6.34. The minimum Gasteiger partial charge on any atom is -0.481 e. The predicted molar refractivity (Wildman–Crippen MR) is 213 cm³/mol. The van der Waals surface area contributed by atoms with E-state index in [0.717, 1.165) is 87.5 Å². The quantitative estimate of drug-likeness (QED) is 0.116. The van der Waals surface area contributed by atoms with Gasteiger partial charge in [-0.15, -0.1) is 0 Å². The molecular formula is C43H46ClN5O4. The number of anilines is 1. The van der Waals surface area contributed by atoms with Crippen LogP contribution in [-0.2, 0) is 17.9 Å². The zero-order valence-corrected chi connectivity index (χ0v) is 31.5. The van der Waals surface area contributed by atoms with Crippen molar-refractivity contribution < 1.29 is 19.4 Å². The van der Waals surface area contributed by atoms with Gasteiger partial charge in [-0.3, -0.25) is 19.6 Å². The fourth-order valence-electron chi connectivity index (χ4n) is 7.50. The Morgan fingerprint density at radius 2 is 1.74 bits per heavy atom. The predicted octanol–water partition coefficient (Wildman–Crippen LogP) is 8.81. The Kier molecular flexibility index (Phi) is 10.8. The number of likely N-dealkylation sites (tertiary alicyclic amines) is 2. The summed E-state index contributed by atoms with van der Waals surface area (Å²) in [6.07, 6.45) is 9.70. The number of nitrogens with zero attached hydrogens (tertiary/aromatic N) is 4. The van der Waals surface area contributed by atoms with Gasteiger partial charge in [0.25, 0.3) is 0 Å². The molecule has 5 aromatic rings. The van der Waals surface area contributed by atoms with Gasteiger partial charge in [-0.2, -0.15) is 0 Å². The van der Waals surface area contributed by atoms with Crippen molar-refractivity contribution in [2.45, 2.75) is 59.7 Å². The highest BCUT2D eigenvalue weighted by atomic mass is 35.5. The summed E-state index contributed by atoms with van der Waals surface area (Å²) in [5.41, 5.74) is 12.4. The van der Waals surface area contributed by atoms with E-state index in [0.29, 0.717) is 48.2 Å². The van der Waals surface area contributed by atoms with Crippen molar-refractivity contribution in [1.82, 2.24) is 19.8 Å². The molecule has 274 valence electrons. The van der Waals surface area contributed by atoms with Gasteiger partial charge in [0.05, 0.1) is 28.4 Å². The topological polar surface area (TPSA) is 115 Å². The average molecular weight is 732 g/mol. The Bertz CT molecular complexity index is 2220. The second-order valence-corrected chi connectivity index (χ2v) is 14.6. The Balaban J connectivity index is 1.15. The summed E-state index contributed by atoms with van der Waals surface area (Å²) in [7, 11) is 0. The molecule has 10 heteroatoms. The number of aromatic nitrogens is 2. The van der Waals surface area contributed by atoms with Gasteiger partial charge < -0.3 is 19.9 Å². The summed E-state index contributed by atoms with van der Waals surface area (Å²) < 4.78 is 6.29. The number of carboxylic acid groups (broad SMARTS) is 1. The van der Waals surface area contributed by atoms with Crippen LogP contribution in [0.1, 0.15) is 60.2 Å². The number of allylic oxidation sites excluding steroid dienone is 2. The number of hydrogen-bond acceptors (Lipinski definition) is 8. The molecule has 2 aromatic heterocycles. The molecule has 2 saturated heterocycles. The number of oxazole rings is 1. The molecule has 0 aliphatic carbocycles. The van der Waals surface area contributed by atoms with E-state index < -0.39 is 5.97 Å². The van der Waals surface area contributed by atoms with Crippen molar-refractivity contribution in [2.24, 2.45) is 5.92 Å². The van der Waals surface area contributed by atoms with Crippen LogP contribution >= 0.6 is 11.6 Å². The summed E-state index contributed by atoms with van der Waals surface area (Å²) in [5, 5.41) is 23.5. The van der Waals surface area contributed by atoms with Crippen LogP contribution in [0.25, 0.3) is 45.5 Å². The molecule has 53 heavy (non-hydrogen) atoms. The standard InChI is InChI=1S/C43H46ClN5O4/c1-5-9-30-17-29(22-48-16-15-32(50)25-48)20-45-40(30)38(10-6-2)46-37-14-8-12-34(27(37)4)33-11-7-13-35(26(33)3)42-47-39-19-28(18-36(44)41(39)53-42)21-49-23-31(24-49)43(51)52/h5,7-14,17-20,31-32,46,50H,6,15-16,21-25H2,1-4H3,(H,51,52)/b9-5-,38-10-. The highest BCUT2D eigenvalue weighted by Crippen LogP contribution is 2.38. The van der Waals surface area contributed by atoms with E-state index in [2.05, 4.69) is 78.4 Å². The third kappa shape index (κ3) is 7.80. The molecular weight excluding hydrogens is 686 g/mol. The van der Waals surface area contributed by atoms with Crippen LogP contribution in [0.5, 0.6) is 0 Å². The van der Waals surface area contributed by atoms with E-state index in [1.165, 1.54) is 0 Å².